The molecule has 6 nitrogen and oxygen atoms in total. The van der Waals surface area contributed by atoms with Crippen molar-refractivity contribution < 1.29 is 9.47 Å². The number of anilines is 3. The normalized spacial score (nSPS) is 15.5. The first-order chi connectivity index (χ1) is 13.8. The fraction of sp³-hybridized carbons (Fsp3) is 0.238. The van der Waals surface area contributed by atoms with Crippen LogP contribution in [0.25, 0.3) is 11.3 Å². The van der Waals surface area contributed by atoms with Gasteiger partial charge in [-0.1, -0.05) is 30.3 Å². The van der Waals surface area contributed by atoms with Gasteiger partial charge < -0.3 is 19.7 Å². The lowest BCUT2D eigenvalue weighted by Gasteiger charge is -2.28. The van der Waals surface area contributed by atoms with Gasteiger partial charge in [0.2, 0.25) is 12.7 Å². The molecule has 5 rings (SSSR count). The van der Waals surface area contributed by atoms with Crippen molar-refractivity contribution in [1.82, 2.24) is 9.97 Å². The molecule has 7 heteroatoms. The summed E-state index contributed by atoms with van der Waals surface area (Å²) < 4.78 is 10.9. The van der Waals surface area contributed by atoms with Crippen LogP contribution < -0.4 is 19.7 Å². The van der Waals surface area contributed by atoms with Gasteiger partial charge in [-0.15, -0.1) is 0 Å². The van der Waals surface area contributed by atoms with Crippen molar-refractivity contribution in [2.75, 3.05) is 41.6 Å². The summed E-state index contributed by atoms with van der Waals surface area (Å²) >= 11 is 1.99. The van der Waals surface area contributed by atoms with Crippen LogP contribution in [-0.4, -0.2) is 41.4 Å². The highest BCUT2D eigenvalue weighted by Crippen LogP contribution is 2.35. The molecule has 2 aromatic carbocycles. The summed E-state index contributed by atoms with van der Waals surface area (Å²) in [4.78, 5) is 11.9. The minimum atomic E-state index is 0.260. The number of ether oxygens (including phenoxy) is 2. The van der Waals surface area contributed by atoms with Gasteiger partial charge in [-0.05, 0) is 12.1 Å². The smallest absolute Gasteiger partial charge is 0.231 e. The number of aromatic nitrogens is 2. The minimum absolute atomic E-state index is 0.260. The van der Waals surface area contributed by atoms with Crippen LogP contribution in [0.3, 0.4) is 0 Å². The first-order valence-electron chi connectivity index (χ1n) is 9.29. The molecule has 28 heavy (non-hydrogen) atoms. The van der Waals surface area contributed by atoms with Crippen molar-refractivity contribution >= 4 is 29.2 Å². The van der Waals surface area contributed by atoms with Crippen LogP contribution in [0.1, 0.15) is 0 Å². The van der Waals surface area contributed by atoms with Crippen LogP contribution in [0.15, 0.2) is 54.6 Å². The summed E-state index contributed by atoms with van der Waals surface area (Å²) in [7, 11) is 0. The average molecular weight is 392 g/mol. The Kier molecular flexibility index (Phi) is 4.66. The van der Waals surface area contributed by atoms with Gasteiger partial charge in [-0.25, -0.2) is 4.98 Å². The molecule has 0 aliphatic carbocycles. The van der Waals surface area contributed by atoms with Crippen LogP contribution in [0, 0.1) is 0 Å². The van der Waals surface area contributed by atoms with E-state index in [4.69, 9.17) is 19.4 Å². The maximum absolute atomic E-state index is 5.48. The van der Waals surface area contributed by atoms with Gasteiger partial charge in [0.25, 0.3) is 0 Å². The van der Waals surface area contributed by atoms with E-state index in [1.807, 2.05) is 48.2 Å². The molecule has 3 heterocycles. The van der Waals surface area contributed by atoms with Crippen molar-refractivity contribution in [3.63, 3.8) is 0 Å². The Labute approximate surface area is 167 Å². The molecule has 0 amide bonds. The molecule has 0 radical (unpaired) electrons. The van der Waals surface area contributed by atoms with Crippen LogP contribution in [0.2, 0.25) is 0 Å². The molecule has 0 bridgehead atoms. The predicted molar refractivity (Wildman–Crippen MR) is 113 cm³/mol. The molecule has 1 saturated heterocycles. The van der Waals surface area contributed by atoms with Gasteiger partial charge in [0, 0.05) is 48.0 Å². The van der Waals surface area contributed by atoms with Gasteiger partial charge in [-0.2, -0.15) is 16.7 Å². The fourth-order valence-corrected chi connectivity index (χ4v) is 4.21. The van der Waals surface area contributed by atoms with Gasteiger partial charge in [0.05, 0.1) is 5.69 Å². The van der Waals surface area contributed by atoms with E-state index >= 15 is 0 Å². The van der Waals surface area contributed by atoms with Crippen molar-refractivity contribution in [2.24, 2.45) is 0 Å². The van der Waals surface area contributed by atoms with E-state index in [-0.39, 0.29) is 6.79 Å². The molecular weight excluding hydrogens is 372 g/mol. The summed E-state index contributed by atoms with van der Waals surface area (Å²) in [6.45, 7) is 2.26. The third kappa shape index (κ3) is 3.57. The first-order valence-corrected chi connectivity index (χ1v) is 10.4. The van der Waals surface area contributed by atoms with Crippen LogP contribution in [0.5, 0.6) is 11.5 Å². The van der Waals surface area contributed by atoms with Gasteiger partial charge in [-0.3, -0.25) is 0 Å². The SMILES string of the molecule is c1ccc(-c2cc(N3CCSCC3)nc(Nc3ccc4c(c3)OCO4)n2)cc1. The molecule has 1 fully saturated rings. The maximum Gasteiger partial charge on any atom is 0.231 e. The van der Waals surface area contributed by atoms with E-state index in [0.29, 0.717) is 5.95 Å². The van der Waals surface area contributed by atoms with E-state index in [1.54, 1.807) is 0 Å². The Hall–Kier alpha value is -2.93. The first kappa shape index (κ1) is 17.2. The van der Waals surface area contributed by atoms with E-state index in [9.17, 15) is 0 Å². The van der Waals surface area contributed by atoms with Gasteiger partial charge in [0.15, 0.2) is 11.5 Å². The molecular formula is C21H20N4O2S. The highest BCUT2D eigenvalue weighted by atomic mass is 32.2. The Morgan fingerprint density at radius 1 is 0.893 bits per heavy atom. The molecule has 2 aliphatic rings. The number of rotatable bonds is 4. The highest BCUT2D eigenvalue weighted by molar-refractivity contribution is 7.99. The Bertz CT molecular complexity index is 977. The minimum Gasteiger partial charge on any atom is -0.454 e. The van der Waals surface area contributed by atoms with E-state index in [1.165, 1.54) is 0 Å². The van der Waals surface area contributed by atoms with E-state index in [0.717, 1.165) is 58.9 Å². The number of nitrogens with zero attached hydrogens (tertiary/aromatic N) is 3. The lowest BCUT2D eigenvalue weighted by molar-refractivity contribution is 0.174. The fourth-order valence-electron chi connectivity index (χ4n) is 3.30. The quantitative estimate of drug-likeness (QED) is 0.715. The molecule has 0 unspecified atom stereocenters. The summed E-state index contributed by atoms with van der Waals surface area (Å²) in [6.07, 6.45) is 0. The van der Waals surface area contributed by atoms with E-state index < -0.39 is 0 Å². The molecule has 3 aromatic rings. The second-order valence-corrected chi connectivity index (χ2v) is 7.82. The van der Waals surface area contributed by atoms with Crippen molar-refractivity contribution in [3.8, 4) is 22.8 Å². The average Bonchev–Trinajstić information content (AvgIpc) is 3.23. The van der Waals surface area contributed by atoms with Crippen LogP contribution in [-0.2, 0) is 0 Å². The summed E-state index contributed by atoms with van der Waals surface area (Å²) in [6, 6.07) is 18.1. The number of hydrogen-bond acceptors (Lipinski definition) is 7. The van der Waals surface area contributed by atoms with Crippen molar-refractivity contribution in [1.29, 1.82) is 0 Å². The maximum atomic E-state index is 5.48. The number of thioether (sulfide) groups is 1. The molecule has 0 atom stereocenters. The molecule has 142 valence electrons. The Balaban J connectivity index is 1.50. The van der Waals surface area contributed by atoms with Crippen molar-refractivity contribution in [2.45, 2.75) is 0 Å². The second-order valence-electron chi connectivity index (χ2n) is 6.59. The van der Waals surface area contributed by atoms with E-state index in [2.05, 4.69) is 28.4 Å². The van der Waals surface area contributed by atoms with Gasteiger partial charge in [0.1, 0.15) is 5.82 Å². The van der Waals surface area contributed by atoms with Crippen molar-refractivity contribution in [3.05, 3.63) is 54.6 Å². The number of benzene rings is 2. The highest BCUT2D eigenvalue weighted by Gasteiger charge is 2.17. The standard InChI is InChI=1S/C21H20N4O2S/c1-2-4-15(5-3-1)17-13-20(25-8-10-28-11-9-25)24-21(23-17)22-16-6-7-18-19(12-16)27-14-26-18/h1-7,12-13H,8-11,14H2,(H,22,23,24). The predicted octanol–water partition coefficient (Wildman–Crippen LogP) is 4.17. The third-order valence-corrected chi connectivity index (χ3v) is 5.69. The summed E-state index contributed by atoms with van der Waals surface area (Å²) in [5, 5.41) is 3.33. The third-order valence-electron chi connectivity index (χ3n) is 4.75. The topological polar surface area (TPSA) is 59.5 Å². The summed E-state index contributed by atoms with van der Waals surface area (Å²) in [5.41, 5.74) is 2.85. The lowest BCUT2D eigenvalue weighted by atomic mass is 10.1. The molecule has 0 saturated carbocycles. The lowest BCUT2D eigenvalue weighted by Crippen LogP contribution is -2.33. The zero-order valence-corrected chi connectivity index (χ0v) is 16.1. The number of fused-ring (bicyclic) bond motifs is 1. The zero-order chi connectivity index (χ0) is 18.8. The zero-order valence-electron chi connectivity index (χ0n) is 15.3. The van der Waals surface area contributed by atoms with Crippen LogP contribution >= 0.6 is 11.8 Å². The number of hydrogen-bond donors (Lipinski definition) is 1. The van der Waals surface area contributed by atoms with Crippen LogP contribution in [0.4, 0.5) is 17.5 Å². The number of nitrogens with one attached hydrogen (secondary N) is 1. The Morgan fingerprint density at radius 3 is 2.57 bits per heavy atom. The molecule has 2 aliphatic heterocycles. The summed E-state index contributed by atoms with van der Waals surface area (Å²) in [5.74, 6) is 5.27. The largest absolute Gasteiger partial charge is 0.454 e. The molecule has 0 spiro atoms. The Morgan fingerprint density at radius 2 is 1.71 bits per heavy atom. The second kappa shape index (κ2) is 7.59. The van der Waals surface area contributed by atoms with Gasteiger partial charge >= 0.3 is 0 Å². The molecule has 1 N–H and O–H groups in total. The molecule has 1 aromatic heterocycles. The monoisotopic (exact) mass is 392 g/mol.